The van der Waals surface area contributed by atoms with Crippen LogP contribution in [-0.2, 0) is 16.1 Å². The monoisotopic (exact) mass is 195 g/mol. The Kier molecular flexibility index (Phi) is 2.54. The third-order valence-electron chi connectivity index (χ3n) is 2.43. The minimum Gasteiger partial charge on any atom is -0.469 e. The number of nitrogens with one attached hydrogen (secondary N) is 1. The molecule has 1 amide bonds. The van der Waals surface area contributed by atoms with Crippen molar-refractivity contribution in [2.24, 2.45) is 0 Å². The molecule has 2 rings (SSSR count). The van der Waals surface area contributed by atoms with Gasteiger partial charge in [0.15, 0.2) is 0 Å². The summed E-state index contributed by atoms with van der Waals surface area (Å²) in [6.45, 7) is 1.21. The number of ether oxygens (including phenoxy) is 1. The van der Waals surface area contributed by atoms with E-state index in [4.69, 9.17) is 9.15 Å². The van der Waals surface area contributed by atoms with Crippen LogP contribution in [0, 0.1) is 0 Å². The quantitative estimate of drug-likeness (QED) is 0.783. The third kappa shape index (κ3) is 1.65. The fourth-order valence-corrected chi connectivity index (χ4v) is 1.77. The minimum absolute atomic E-state index is 0.0924. The van der Waals surface area contributed by atoms with Crippen LogP contribution in [0.15, 0.2) is 16.7 Å². The van der Waals surface area contributed by atoms with Gasteiger partial charge in [-0.2, -0.15) is 0 Å². The van der Waals surface area contributed by atoms with Crippen LogP contribution in [0.1, 0.15) is 23.7 Å². The summed E-state index contributed by atoms with van der Waals surface area (Å²) in [5.41, 5.74) is 1.04. The molecule has 0 radical (unpaired) electrons. The lowest BCUT2D eigenvalue weighted by molar-refractivity contribution is -0.119. The smallest absolute Gasteiger partial charge is 0.220 e. The molecule has 1 unspecified atom stereocenters. The van der Waals surface area contributed by atoms with Crippen molar-refractivity contribution in [2.75, 3.05) is 13.7 Å². The largest absolute Gasteiger partial charge is 0.469 e. The Morgan fingerprint density at radius 3 is 3.21 bits per heavy atom. The molecule has 0 spiro atoms. The molecule has 0 aliphatic carbocycles. The summed E-state index contributed by atoms with van der Waals surface area (Å²) in [7, 11) is 1.65. The van der Waals surface area contributed by atoms with E-state index in [1.807, 2.05) is 6.07 Å². The molecular weight excluding hydrogens is 182 g/mol. The van der Waals surface area contributed by atoms with Gasteiger partial charge in [-0.05, 0) is 6.07 Å². The first-order valence-electron chi connectivity index (χ1n) is 4.63. The first-order valence-corrected chi connectivity index (χ1v) is 4.63. The van der Waals surface area contributed by atoms with E-state index in [1.165, 1.54) is 0 Å². The van der Waals surface area contributed by atoms with Crippen molar-refractivity contribution in [2.45, 2.75) is 18.9 Å². The lowest BCUT2D eigenvalue weighted by Gasteiger charge is -2.06. The second-order valence-electron chi connectivity index (χ2n) is 3.45. The van der Waals surface area contributed by atoms with Gasteiger partial charge in [-0.25, -0.2) is 0 Å². The Morgan fingerprint density at radius 2 is 2.57 bits per heavy atom. The number of carbonyl (C=O) groups excluding carboxylic acids is 1. The number of hydrogen-bond donors (Lipinski definition) is 1. The van der Waals surface area contributed by atoms with Gasteiger partial charge in [-0.15, -0.1) is 0 Å². The van der Waals surface area contributed by atoms with Crippen LogP contribution in [0.25, 0.3) is 0 Å². The van der Waals surface area contributed by atoms with Gasteiger partial charge < -0.3 is 14.5 Å². The first-order chi connectivity index (χ1) is 6.81. The van der Waals surface area contributed by atoms with E-state index < -0.39 is 0 Å². The van der Waals surface area contributed by atoms with E-state index in [0.29, 0.717) is 19.6 Å². The predicted octanol–water partition coefficient (Wildman–Crippen LogP) is 1.03. The molecular formula is C10H13NO3. The van der Waals surface area contributed by atoms with Crippen LogP contribution in [0.2, 0.25) is 0 Å². The van der Waals surface area contributed by atoms with E-state index in [2.05, 4.69) is 5.32 Å². The van der Waals surface area contributed by atoms with E-state index >= 15 is 0 Å². The van der Waals surface area contributed by atoms with Gasteiger partial charge in [-0.3, -0.25) is 4.79 Å². The lowest BCUT2D eigenvalue weighted by atomic mass is 10.0. The van der Waals surface area contributed by atoms with Gasteiger partial charge in [0.05, 0.1) is 12.9 Å². The number of furan rings is 1. The van der Waals surface area contributed by atoms with Crippen LogP contribution in [-0.4, -0.2) is 19.6 Å². The molecule has 4 nitrogen and oxygen atoms in total. The molecule has 1 fully saturated rings. The lowest BCUT2D eigenvalue weighted by Crippen LogP contribution is -2.13. The number of rotatable bonds is 3. The van der Waals surface area contributed by atoms with Gasteiger partial charge in [0.2, 0.25) is 5.91 Å². The van der Waals surface area contributed by atoms with Crippen LogP contribution in [0.5, 0.6) is 0 Å². The molecule has 1 atom stereocenters. The highest BCUT2D eigenvalue weighted by molar-refractivity contribution is 5.79. The van der Waals surface area contributed by atoms with Gasteiger partial charge >= 0.3 is 0 Å². The summed E-state index contributed by atoms with van der Waals surface area (Å²) < 4.78 is 10.4. The Bertz CT molecular complexity index is 332. The molecule has 1 aliphatic rings. The van der Waals surface area contributed by atoms with Crippen LogP contribution in [0.4, 0.5) is 0 Å². The molecule has 76 valence electrons. The van der Waals surface area contributed by atoms with E-state index in [-0.39, 0.29) is 11.8 Å². The maximum atomic E-state index is 11.0. The summed E-state index contributed by atoms with van der Waals surface area (Å²) >= 11 is 0. The first kappa shape index (κ1) is 9.27. The van der Waals surface area contributed by atoms with Crippen molar-refractivity contribution in [1.29, 1.82) is 0 Å². The van der Waals surface area contributed by atoms with Crippen molar-refractivity contribution in [1.82, 2.24) is 5.32 Å². The Labute approximate surface area is 82.2 Å². The second-order valence-corrected chi connectivity index (χ2v) is 3.45. The van der Waals surface area contributed by atoms with E-state index in [0.717, 1.165) is 11.3 Å². The maximum absolute atomic E-state index is 11.0. The normalized spacial score (nSPS) is 21.2. The summed E-state index contributed by atoms with van der Waals surface area (Å²) in [6, 6.07) is 1.89. The van der Waals surface area contributed by atoms with Gasteiger partial charge in [0.25, 0.3) is 0 Å². The van der Waals surface area contributed by atoms with Gasteiger partial charge in [0.1, 0.15) is 5.76 Å². The third-order valence-corrected chi connectivity index (χ3v) is 2.43. The maximum Gasteiger partial charge on any atom is 0.220 e. The Balaban J connectivity index is 2.14. The summed E-state index contributed by atoms with van der Waals surface area (Å²) in [5, 5.41) is 2.79. The van der Waals surface area contributed by atoms with Crippen molar-refractivity contribution in [3.63, 3.8) is 0 Å². The fourth-order valence-electron chi connectivity index (χ4n) is 1.77. The SMILES string of the molecule is COCc1ccoc1C1CNC(=O)C1. The van der Waals surface area contributed by atoms with E-state index in [1.54, 1.807) is 13.4 Å². The molecule has 0 bridgehead atoms. The summed E-state index contributed by atoms with van der Waals surface area (Å²) in [5.74, 6) is 1.14. The summed E-state index contributed by atoms with van der Waals surface area (Å²) in [4.78, 5) is 11.0. The Morgan fingerprint density at radius 1 is 1.71 bits per heavy atom. The average Bonchev–Trinajstić information content (AvgIpc) is 2.74. The number of carbonyl (C=O) groups is 1. The highest BCUT2D eigenvalue weighted by atomic mass is 16.5. The minimum atomic E-state index is 0.0924. The van der Waals surface area contributed by atoms with Crippen LogP contribution >= 0.6 is 0 Å². The van der Waals surface area contributed by atoms with Crippen molar-refractivity contribution >= 4 is 5.91 Å². The zero-order valence-electron chi connectivity index (χ0n) is 8.08. The predicted molar refractivity (Wildman–Crippen MR) is 49.8 cm³/mol. The van der Waals surface area contributed by atoms with Crippen LogP contribution < -0.4 is 5.32 Å². The number of amides is 1. The molecule has 1 N–H and O–H groups in total. The topological polar surface area (TPSA) is 51.5 Å². The zero-order valence-corrected chi connectivity index (χ0v) is 8.08. The van der Waals surface area contributed by atoms with Gasteiger partial charge in [0, 0.05) is 31.6 Å². The second kappa shape index (κ2) is 3.84. The molecule has 1 saturated heterocycles. The Hall–Kier alpha value is -1.29. The summed E-state index contributed by atoms with van der Waals surface area (Å²) in [6.07, 6.45) is 2.16. The molecule has 0 aromatic carbocycles. The van der Waals surface area contributed by atoms with Crippen molar-refractivity contribution in [3.05, 3.63) is 23.7 Å². The molecule has 14 heavy (non-hydrogen) atoms. The zero-order chi connectivity index (χ0) is 9.97. The molecule has 2 heterocycles. The number of hydrogen-bond acceptors (Lipinski definition) is 3. The van der Waals surface area contributed by atoms with Crippen molar-refractivity contribution < 1.29 is 13.9 Å². The molecule has 1 aromatic heterocycles. The van der Waals surface area contributed by atoms with Crippen LogP contribution in [0.3, 0.4) is 0 Å². The fraction of sp³-hybridized carbons (Fsp3) is 0.500. The van der Waals surface area contributed by atoms with Crippen molar-refractivity contribution in [3.8, 4) is 0 Å². The highest BCUT2D eigenvalue weighted by Crippen LogP contribution is 2.27. The highest BCUT2D eigenvalue weighted by Gasteiger charge is 2.27. The molecule has 0 saturated carbocycles. The molecule has 1 aliphatic heterocycles. The van der Waals surface area contributed by atoms with Gasteiger partial charge in [-0.1, -0.05) is 0 Å². The average molecular weight is 195 g/mol. The molecule has 4 heteroatoms. The molecule has 1 aromatic rings. The number of methoxy groups -OCH3 is 1. The standard InChI is InChI=1S/C10H13NO3/c1-13-6-7-2-3-14-10(7)8-4-9(12)11-5-8/h2-3,8H,4-6H2,1H3,(H,11,12). The van der Waals surface area contributed by atoms with E-state index in [9.17, 15) is 4.79 Å².